The molecule has 0 spiro atoms. The van der Waals surface area contributed by atoms with Gasteiger partial charge in [-0.25, -0.2) is 0 Å². The van der Waals surface area contributed by atoms with Crippen molar-refractivity contribution in [3.05, 3.63) is 65.7 Å². The minimum atomic E-state index is -0.768. The van der Waals surface area contributed by atoms with E-state index in [0.29, 0.717) is 6.42 Å². The Balaban J connectivity index is 1.70. The second-order valence-corrected chi connectivity index (χ2v) is 6.62. The van der Waals surface area contributed by atoms with Crippen LogP contribution in [-0.2, 0) is 32.1 Å². The fourth-order valence-electron chi connectivity index (χ4n) is 2.95. The summed E-state index contributed by atoms with van der Waals surface area (Å²) in [7, 11) is 0. The van der Waals surface area contributed by atoms with Crippen LogP contribution < -0.4 is 5.32 Å². The second-order valence-electron chi connectivity index (χ2n) is 6.62. The predicted molar refractivity (Wildman–Crippen MR) is 99.2 cm³/mol. The Kier molecular flexibility index (Phi) is 6.21. The van der Waals surface area contributed by atoms with Gasteiger partial charge < -0.3 is 19.9 Å². The van der Waals surface area contributed by atoms with Crippen LogP contribution in [0.1, 0.15) is 18.1 Å². The Morgan fingerprint density at radius 2 is 1.89 bits per heavy atom. The molecule has 1 saturated heterocycles. The zero-order valence-electron chi connectivity index (χ0n) is 15.1. The van der Waals surface area contributed by atoms with E-state index in [1.54, 1.807) is 31.2 Å². The van der Waals surface area contributed by atoms with Crippen molar-refractivity contribution in [1.29, 1.82) is 0 Å². The Morgan fingerprint density at radius 3 is 2.52 bits per heavy atom. The molecule has 142 valence electrons. The molecular formula is C21H23NO5. The molecular weight excluding hydrogens is 346 g/mol. The highest BCUT2D eigenvalue weighted by Gasteiger charge is 2.35. The van der Waals surface area contributed by atoms with Crippen LogP contribution in [-0.4, -0.2) is 41.7 Å². The number of ether oxygens (including phenoxy) is 2. The number of hydrogen-bond acceptors (Lipinski definition) is 5. The Hall–Kier alpha value is -2.70. The molecule has 6 nitrogen and oxygen atoms in total. The Labute approximate surface area is 158 Å². The number of Topliss-reactive ketones (excluding diaryl/α,β-unsaturated/α-hetero) is 1. The zero-order chi connectivity index (χ0) is 19.2. The number of phenolic OH excluding ortho intramolecular Hbond substituents is 1. The number of nitrogens with one attached hydrogen (secondary N) is 1. The van der Waals surface area contributed by atoms with Gasteiger partial charge in [-0.15, -0.1) is 0 Å². The standard InChI is InChI=1S/C21H23NO5/c1-14-20(18(24)13-26-14)22-21(25)19(11-15-7-9-17(23)10-8-15)27-12-16-5-3-2-4-6-16/h2-10,14,19-20,23H,11-13H2,1H3,(H,22,25). The van der Waals surface area contributed by atoms with Gasteiger partial charge in [-0.2, -0.15) is 0 Å². The summed E-state index contributed by atoms with van der Waals surface area (Å²) in [5, 5.41) is 12.2. The fourth-order valence-corrected chi connectivity index (χ4v) is 2.95. The number of rotatable bonds is 7. The van der Waals surface area contributed by atoms with E-state index in [4.69, 9.17) is 9.47 Å². The molecule has 0 bridgehead atoms. The molecule has 1 heterocycles. The number of aromatic hydroxyl groups is 1. The van der Waals surface area contributed by atoms with Gasteiger partial charge in [0.05, 0.1) is 12.7 Å². The molecule has 0 aromatic heterocycles. The van der Waals surface area contributed by atoms with E-state index in [1.165, 1.54) is 0 Å². The molecule has 3 atom stereocenters. The molecule has 3 unspecified atom stereocenters. The highest BCUT2D eigenvalue weighted by molar-refractivity contribution is 5.93. The maximum atomic E-state index is 12.8. The van der Waals surface area contributed by atoms with Crippen LogP contribution >= 0.6 is 0 Å². The quantitative estimate of drug-likeness (QED) is 0.780. The molecule has 27 heavy (non-hydrogen) atoms. The Bertz CT molecular complexity index is 775. The van der Waals surface area contributed by atoms with Crippen LogP contribution in [0.4, 0.5) is 0 Å². The highest BCUT2D eigenvalue weighted by atomic mass is 16.5. The number of carbonyl (C=O) groups excluding carboxylic acids is 2. The summed E-state index contributed by atoms with van der Waals surface area (Å²) in [5.74, 6) is -0.329. The SMILES string of the molecule is CC1OCC(=O)C1NC(=O)C(Cc1ccc(O)cc1)OCc1ccccc1. The van der Waals surface area contributed by atoms with E-state index < -0.39 is 12.1 Å². The normalized spacial score (nSPS) is 20.4. The van der Waals surface area contributed by atoms with E-state index in [0.717, 1.165) is 11.1 Å². The number of amides is 1. The largest absolute Gasteiger partial charge is 0.508 e. The van der Waals surface area contributed by atoms with Crippen LogP contribution in [0, 0.1) is 0 Å². The summed E-state index contributed by atoms with van der Waals surface area (Å²) >= 11 is 0. The third-order valence-electron chi connectivity index (χ3n) is 4.55. The van der Waals surface area contributed by atoms with E-state index in [-0.39, 0.29) is 36.8 Å². The second kappa shape index (κ2) is 8.79. The minimum absolute atomic E-state index is 0.0135. The van der Waals surface area contributed by atoms with E-state index in [2.05, 4.69) is 5.32 Å². The smallest absolute Gasteiger partial charge is 0.250 e. The first-order chi connectivity index (χ1) is 13.0. The van der Waals surface area contributed by atoms with Crippen molar-refractivity contribution in [2.24, 2.45) is 0 Å². The summed E-state index contributed by atoms with van der Waals surface area (Å²) in [4.78, 5) is 24.7. The molecule has 1 aliphatic rings. The van der Waals surface area contributed by atoms with E-state index >= 15 is 0 Å². The third kappa shape index (κ3) is 5.15. The van der Waals surface area contributed by atoms with Crippen molar-refractivity contribution in [2.45, 2.75) is 38.2 Å². The lowest BCUT2D eigenvalue weighted by atomic mass is 10.1. The lowest BCUT2D eigenvalue weighted by molar-refractivity contribution is -0.136. The Morgan fingerprint density at radius 1 is 1.19 bits per heavy atom. The van der Waals surface area contributed by atoms with Crippen LogP contribution in [0.15, 0.2) is 54.6 Å². The summed E-state index contributed by atoms with van der Waals surface area (Å²) < 4.78 is 11.2. The molecule has 1 amide bonds. The zero-order valence-corrected chi connectivity index (χ0v) is 15.1. The van der Waals surface area contributed by atoms with Crippen molar-refractivity contribution in [1.82, 2.24) is 5.32 Å². The number of ketones is 1. The van der Waals surface area contributed by atoms with Gasteiger partial charge in [-0.3, -0.25) is 9.59 Å². The number of hydrogen-bond donors (Lipinski definition) is 2. The molecule has 2 N–H and O–H groups in total. The molecule has 0 radical (unpaired) electrons. The summed E-state index contributed by atoms with van der Waals surface area (Å²) in [5.41, 5.74) is 1.80. The molecule has 2 aromatic carbocycles. The fraction of sp³-hybridized carbons (Fsp3) is 0.333. The first-order valence-corrected chi connectivity index (χ1v) is 8.91. The molecule has 2 aromatic rings. The van der Waals surface area contributed by atoms with Gasteiger partial charge in [-0.1, -0.05) is 42.5 Å². The predicted octanol–water partition coefficient (Wildman–Crippen LogP) is 1.99. The van der Waals surface area contributed by atoms with Crippen molar-refractivity contribution in [3.8, 4) is 5.75 Å². The number of benzene rings is 2. The first-order valence-electron chi connectivity index (χ1n) is 8.91. The summed E-state index contributed by atoms with van der Waals surface area (Å²) in [6, 6.07) is 15.5. The lowest BCUT2D eigenvalue weighted by Gasteiger charge is -2.21. The molecule has 1 aliphatic heterocycles. The van der Waals surface area contributed by atoms with Crippen molar-refractivity contribution < 1.29 is 24.2 Å². The van der Waals surface area contributed by atoms with E-state index in [1.807, 2.05) is 30.3 Å². The van der Waals surface area contributed by atoms with Crippen molar-refractivity contribution in [3.63, 3.8) is 0 Å². The third-order valence-corrected chi connectivity index (χ3v) is 4.55. The van der Waals surface area contributed by atoms with Crippen LogP contribution in [0.25, 0.3) is 0 Å². The topological polar surface area (TPSA) is 84.9 Å². The lowest BCUT2D eigenvalue weighted by Crippen LogP contribution is -2.49. The maximum absolute atomic E-state index is 12.8. The van der Waals surface area contributed by atoms with Crippen LogP contribution in [0.2, 0.25) is 0 Å². The van der Waals surface area contributed by atoms with Gasteiger partial charge in [0.15, 0.2) is 5.78 Å². The molecule has 0 aliphatic carbocycles. The molecule has 1 fully saturated rings. The number of phenols is 1. The number of carbonyl (C=O) groups is 2. The molecule has 3 rings (SSSR count). The highest BCUT2D eigenvalue weighted by Crippen LogP contribution is 2.15. The van der Waals surface area contributed by atoms with Gasteiger partial charge in [0.2, 0.25) is 5.91 Å². The summed E-state index contributed by atoms with van der Waals surface area (Å²) in [6.45, 7) is 2.05. The first kappa shape index (κ1) is 19.1. The van der Waals surface area contributed by atoms with E-state index in [9.17, 15) is 14.7 Å². The van der Waals surface area contributed by atoms with Gasteiger partial charge in [0, 0.05) is 6.42 Å². The molecule has 6 heteroatoms. The van der Waals surface area contributed by atoms with Gasteiger partial charge in [-0.05, 0) is 30.2 Å². The maximum Gasteiger partial charge on any atom is 0.250 e. The summed E-state index contributed by atoms with van der Waals surface area (Å²) in [6.07, 6.45) is -0.796. The molecule has 0 saturated carbocycles. The van der Waals surface area contributed by atoms with Crippen molar-refractivity contribution in [2.75, 3.05) is 6.61 Å². The minimum Gasteiger partial charge on any atom is -0.508 e. The van der Waals surface area contributed by atoms with Crippen LogP contribution in [0.5, 0.6) is 5.75 Å². The van der Waals surface area contributed by atoms with Gasteiger partial charge in [0.25, 0.3) is 0 Å². The average Bonchev–Trinajstić information content (AvgIpc) is 2.99. The van der Waals surface area contributed by atoms with Gasteiger partial charge in [0.1, 0.15) is 24.5 Å². The van der Waals surface area contributed by atoms with Gasteiger partial charge >= 0.3 is 0 Å². The average molecular weight is 369 g/mol. The van der Waals surface area contributed by atoms with Crippen molar-refractivity contribution >= 4 is 11.7 Å². The van der Waals surface area contributed by atoms with Crippen LogP contribution in [0.3, 0.4) is 0 Å². The monoisotopic (exact) mass is 369 g/mol.